The van der Waals surface area contributed by atoms with Gasteiger partial charge in [0.1, 0.15) is 0 Å². The summed E-state index contributed by atoms with van der Waals surface area (Å²) in [5.74, 6) is 1.39. The van der Waals surface area contributed by atoms with Crippen molar-refractivity contribution in [3.05, 3.63) is 70.2 Å². The lowest BCUT2D eigenvalue weighted by molar-refractivity contribution is -0.118. The Balaban J connectivity index is 1.67. The Kier molecular flexibility index (Phi) is 5.57. The summed E-state index contributed by atoms with van der Waals surface area (Å²) in [6.45, 7) is 3.93. The number of carbonyl (C=O) groups is 1. The van der Waals surface area contributed by atoms with Crippen LogP contribution in [-0.4, -0.2) is 17.9 Å². The fourth-order valence-electron chi connectivity index (χ4n) is 2.78. The number of oxazole rings is 1. The van der Waals surface area contributed by atoms with E-state index in [2.05, 4.69) is 20.9 Å². The van der Waals surface area contributed by atoms with Crippen molar-refractivity contribution in [2.24, 2.45) is 0 Å². The van der Waals surface area contributed by atoms with E-state index in [4.69, 9.17) is 4.42 Å². The summed E-state index contributed by atoms with van der Waals surface area (Å²) in [6, 6.07) is 15.8. The van der Waals surface area contributed by atoms with Gasteiger partial charge in [-0.2, -0.15) is 0 Å². The first-order chi connectivity index (χ1) is 12.5. The molecule has 0 radical (unpaired) electrons. The molecule has 5 heteroatoms. The van der Waals surface area contributed by atoms with Gasteiger partial charge in [0.05, 0.1) is 5.69 Å². The molecule has 2 aromatic carbocycles. The number of benzene rings is 2. The number of aryl methyl sites for hydroxylation is 3. The third-order valence-electron chi connectivity index (χ3n) is 4.33. The Labute approximate surface area is 162 Å². The lowest BCUT2D eigenvalue weighted by Crippen LogP contribution is -2.26. The molecule has 1 heterocycles. The summed E-state index contributed by atoms with van der Waals surface area (Å²) in [4.78, 5) is 18.7. The highest BCUT2D eigenvalue weighted by Crippen LogP contribution is 2.25. The molecule has 0 saturated carbocycles. The number of amides is 1. The standard InChI is InChI=1S/C21H21BrN2O2/c1-14-13-17(9-10-18(14)22)24(3)20(25)12-11-19-23-15(2)21(26-19)16-7-5-4-6-8-16/h4-10,13H,11-12H2,1-3H3. The molecule has 0 unspecified atom stereocenters. The van der Waals surface area contributed by atoms with Crippen molar-refractivity contribution in [3.8, 4) is 11.3 Å². The van der Waals surface area contributed by atoms with E-state index in [0.717, 1.165) is 32.7 Å². The summed E-state index contributed by atoms with van der Waals surface area (Å²) in [5.41, 5.74) is 3.82. The molecule has 0 aliphatic carbocycles. The molecule has 3 rings (SSSR count). The van der Waals surface area contributed by atoms with Crippen molar-refractivity contribution >= 4 is 27.5 Å². The second-order valence-electron chi connectivity index (χ2n) is 6.27. The maximum atomic E-state index is 12.5. The van der Waals surface area contributed by atoms with Gasteiger partial charge in [-0.05, 0) is 37.6 Å². The Morgan fingerprint density at radius 3 is 2.58 bits per heavy atom. The number of hydrogen-bond acceptors (Lipinski definition) is 3. The average Bonchev–Trinajstić information content (AvgIpc) is 3.03. The van der Waals surface area contributed by atoms with Crippen LogP contribution < -0.4 is 4.90 Å². The largest absolute Gasteiger partial charge is 0.440 e. The lowest BCUT2D eigenvalue weighted by Gasteiger charge is -2.18. The Hall–Kier alpha value is -2.40. The molecule has 1 aromatic heterocycles. The van der Waals surface area contributed by atoms with Crippen LogP contribution in [0.25, 0.3) is 11.3 Å². The third-order valence-corrected chi connectivity index (χ3v) is 5.22. The van der Waals surface area contributed by atoms with Gasteiger partial charge in [0.15, 0.2) is 11.7 Å². The molecule has 0 aliphatic heterocycles. The fourth-order valence-corrected chi connectivity index (χ4v) is 3.03. The lowest BCUT2D eigenvalue weighted by atomic mass is 10.1. The molecule has 0 aliphatic rings. The molecule has 0 N–H and O–H groups in total. The maximum absolute atomic E-state index is 12.5. The Morgan fingerprint density at radius 2 is 1.88 bits per heavy atom. The van der Waals surface area contributed by atoms with Crippen molar-refractivity contribution in [1.82, 2.24) is 4.98 Å². The number of hydrogen-bond donors (Lipinski definition) is 0. The van der Waals surface area contributed by atoms with Gasteiger partial charge in [0.2, 0.25) is 5.91 Å². The molecule has 3 aromatic rings. The molecule has 0 bridgehead atoms. The van der Waals surface area contributed by atoms with Gasteiger partial charge in [0, 0.05) is 35.6 Å². The van der Waals surface area contributed by atoms with Gasteiger partial charge >= 0.3 is 0 Å². The minimum absolute atomic E-state index is 0.0313. The zero-order valence-electron chi connectivity index (χ0n) is 15.1. The van der Waals surface area contributed by atoms with E-state index in [0.29, 0.717) is 18.7 Å². The minimum Gasteiger partial charge on any atom is -0.440 e. The van der Waals surface area contributed by atoms with Crippen molar-refractivity contribution in [1.29, 1.82) is 0 Å². The highest BCUT2D eigenvalue weighted by Gasteiger charge is 2.16. The van der Waals surface area contributed by atoms with Crippen LogP contribution in [0.15, 0.2) is 57.4 Å². The number of carbonyl (C=O) groups excluding carboxylic acids is 1. The van der Waals surface area contributed by atoms with Gasteiger partial charge in [-0.25, -0.2) is 4.98 Å². The third kappa shape index (κ3) is 4.05. The highest BCUT2D eigenvalue weighted by molar-refractivity contribution is 9.10. The van der Waals surface area contributed by atoms with Crippen LogP contribution in [-0.2, 0) is 11.2 Å². The molecule has 4 nitrogen and oxygen atoms in total. The Morgan fingerprint density at radius 1 is 1.15 bits per heavy atom. The molecule has 0 fully saturated rings. The normalized spacial score (nSPS) is 10.8. The van der Waals surface area contributed by atoms with E-state index >= 15 is 0 Å². The minimum atomic E-state index is 0.0313. The number of aromatic nitrogens is 1. The summed E-state index contributed by atoms with van der Waals surface area (Å²) in [5, 5.41) is 0. The summed E-state index contributed by atoms with van der Waals surface area (Å²) in [6.07, 6.45) is 0.826. The topological polar surface area (TPSA) is 46.3 Å². The number of halogens is 1. The highest BCUT2D eigenvalue weighted by atomic mass is 79.9. The zero-order valence-corrected chi connectivity index (χ0v) is 16.7. The van der Waals surface area contributed by atoms with Crippen molar-refractivity contribution in [3.63, 3.8) is 0 Å². The molecular weight excluding hydrogens is 392 g/mol. The first-order valence-electron chi connectivity index (χ1n) is 8.50. The monoisotopic (exact) mass is 412 g/mol. The first-order valence-corrected chi connectivity index (χ1v) is 9.29. The first kappa shape index (κ1) is 18.4. The molecule has 0 spiro atoms. The zero-order chi connectivity index (χ0) is 18.7. The molecule has 134 valence electrons. The molecule has 0 saturated heterocycles. The van der Waals surface area contributed by atoms with E-state index in [1.165, 1.54) is 0 Å². The van der Waals surface area contributed by atoms with E-state index in [-0.39, 0.29) is 5.91 Å². The maximum Gasteiger partial charge on any atom is 0.227 e. The van der Waals surface area contributed by atoms with Crippen LogP contribution in [0.1, 0.15) is 23.6 Å². The predicted octanol–water partition coefficient (Wildman–Crippen LogP) is 5.32. The Bertz CT molecular complexity index is 919. The van der Waals surface area contributed by atoms with Crippen molar-refractivity contribution < 1.29 is 9.21 Å². The summed E-state index contributed by atoms with van der Waals surface area (Å²) < 4.78 is 6.92. The van der Waals surface area contributed by atoms with E-state index in [9.17, 15) is 4.79 Å². The average molecular weight is 413 g/mol. The molecular formula is C21H21BrN2O2. The second-order valence-corrected chi connectivity index (χ2v) is 7.13. The number of anilines is 1. The van der Waals surface area contributed by atoms with Gasteiger partial charge in [-0.3, -0.25) is 4.79 Å². The smallest absolute Gasteiger partial charge is 0.227 e. The van der Waals surface area contributed by atoms with Crippen LogP contribution in [0.4, 0.5) is 5.69 Å². The number of nitrogens with zero attached hydrogens (tertiary/aromatic N) is 2. The van der Waals surface area contributed by atoms with E-state index < -0.39 is 0 Å². The van der Waals surface area contributed by atoms with Gasteiger partial charge in [-0.1, -0.05) is 46.3 Å². The van der Waals surface area contributed by atoms with Gasteiger partial charge < -0.3 is 9.32 Å². The van der Waals surface area contributed by atoms with Gasteiger partial charge in [-0.15, -0.1) is 0 Å². The van der Waals surface area contributed by atoms with Gasteiger partial charge in [0.25, 0.3) is 0 Å². The molecule has 26 heavy (non-hydrogen) atoms. The van der Waals surface area contributed by atoms with E-state index in [1.807, 2.05) is 62.4 Å². The molecule has 0 atom stereocenters. The van der Waals surface area contributed by atoms with Crippen LogP contribution >= 0.6 is 15.9 Å². The number of rotatable bonds is 5. The summed E-state index contributed by atoms with van der Waals surface area (Å²) >= 11 is 3.48. The van der Waals surface area contributed by atoms with E-state index in [1.54, 1.807) is 11.9 Å². The quantitative estimate of drug-likeness (QED) is 0.569. The SMILES string of the molecule is Cc1cc(N(C)C(=O)CCc2nc(C)c(-c3ccccc3)o2)ccc1Br. The van der Waals surface area contributed by atoms with Crippen LogP contribution in [0.2, 0.25) is 0 Å². The predicted molar refractivity (Wildman–Crippen MR) is 107 cm³/mol. The van der Waals surface area contributed by atoms with Crippen LogP contribution in [0.5, 0.6) is 0 Å². The fraction of sp³-hybridized carbons (Fsp3) is 0.238. The van der Waals surface area contributed by atoms with Crippen LogP contribution in [0, 0.1) is 13.8 Å². The molecule has 1 amide bonds. The van der Waals surface area contributed by atoms with Crippen LogP contribution in [0.3, 0.4) is 0 Å². The van der Waals surface area contributed by atoms with Crippen molar-refractivity contribution in [2.45, 2.75) is 26.7 Å². The second kappa shape index (κ2) is 7.87. The summed E-state index contributed by atoms with van der Waals surface area (Å²) in [7, 11) is 1.79. The van der Waals surface area contributed by atoms with Crippen molar-refractivity contribution in [2.75, 3.05) is 11.9 Å².